The molecule has 0 aromatic carbocycles. The summed E-state index contributed by atoms with van der Waals surface area (Å²) in [5.74, 6) is 0. The van der Waals surface area contributed by atoms with Crippen LogP contribution >= 0.6 is 11.3 Å². The number of nitrogens with zero attached hydrogens (tertiary/aromatic N) is 2. The average Bonchev–Trinajstić information content (AvgIpc) is 2.73. The van der Waals surface area contributed by atoms with Gasteiger partial charge in [-0.25, -0.2) is 4.98 Å². The number of rotatable bonds is 7. The summed E-state index contributed by atoms with van der Waals surface area (Å²) in [6.45, 7) is 12.9. The van der Waals surface area contributed by atoms with Crippen molar-refractivity contribution in [2.75, 3.05) is 20.7 Å². The largest absolute Gasteiger partial charge is 0.373 e. The molecule has 0 saturated carbocycles. The van der Waals surface area contributed by atoms with Gasteiger partial charge in [0, 0.05) is 23.0 Å². The van der Waals surface area contributed by atoms with Gasteiger partial charge in [0.2, 0.25) is 0 Å². The second-order valence-electron chi connectivity index (χ2n) is 7.04. The number of ether oxygens (including phenoxy) is 1. The van der Waals surface area contributed by atoms with Gasteiger partial charge < -0.3 is 15.0 Å². The van der Waals surface area contributed by atoms with E-state index in [0.717, 1.165) is 17.2 Å². The molecule has 1 N–H and O–H groups in total. The quantitative estimate of drug-likeness (QED) is 0.840. The summed E-state index contributed by atoms with van der Waals surface area (Å²) in [6, 6.07) is 0. The Kier molecular flexibility index (Phi) is 6.13. The maximum Gasteiger partial charge on any atom is 0.107 e. The van der Waals surface area contributed by atoms with Crippen LogP contribution in [0.2, 0.25) is 0 Å². The highest BCUT2D eigenvalue weighted by Gasteiger charge is 2.20. The van der Waals surface area contributed by atoms with Crippen LogP contribution in [0.25, 0.3) is 0 Å². The SMILES string of the molecule is CN(C)C(C)(C)COCc1csc(CNC(C)(C)C)n1. The molecule has 0 aliphatic heterocycles. The molecule has 1 rings (SSSR count). The van der Waals surface area contributed by atoms with E-state index < -0.39 is 0 Å². The number of hydrogen-bond acceptors (Lipinski definition) is 5. The highest BCUT2D eigenvalue weighted by atomic mass is 32.1. The normalized spacial score (nSPS) is 13.2. The van der Waals surface area contributed by atoms with E-state index in [9.17, 15) is 0 Å². The zero-order chi connectivity index (χ0) is 15.4. The highest BCUT2D eigenvalue weighted by molar-refractivity contribution is 7.09. The van der Waals surface area contributed by atoms with E-state index in [1.165, 1.54) is 0 Å². The number of hydrogen-bond donors (Lipinski definition) is 1. The third-order valence-electron chi connectivity index (χ3n) is 3.29. The average molecular weight is 299 g/mol. The third kappa shape index (κ3) is 6.31. The molecule has 4 nitrogen and oxygen atoms in total. The molecule has 1 heterocycles. The van der Waals surface area contributed by atoms with E-state index in [2.05, 4.69) is 69.3 Å². The summed E-state index contributed by atoms with van der Waals surface area (Å²) in [5.41, 5.74) is 1.19. The topological polar surface area (TPSA) is 37.4 Å². The van der Waals surface area contributed by atoms with E-state index in [1.807, 2.05) is 0 Å². The van der Waals surface area contributed by atoms with Gasteiger partial charge in [-0.05, 0) is 48.7 Å². The molecule has 0 amide bonds. The van der Waals surface area contributed by atoms with Gasteiger partial charge in [0.15, 0.2) is 0 Å². The van der Waals surface area contributed by atoms with Crippen LogP contribution in [-0.2, 0) is 17.9 Å². The molecular formula is C15H29N3OS. The van der Waals surface area contributed by atoms with Crippen LogP contribution in [-0.4, -0.2) is 41.7 Å². The minimum Gasteiger partial charge on any atom is -0.373 e. The van der Waals surface area contributed by atoms with E-state index in [4.69, 9.17) is 4.74 Å². The first-order chi connectivity index (χ1) is 9.10. The van der Waals surface area contributed by atoms with Gasteiger partial charge in [0.1, 0.15) is 5.01 Å². The third-order valence-corrected chi connectivity index (χ3v) is 4.18. The van der Waals surface area contributed by atoms with Crippen LogP contribution in [0.4, 0.5) is 0 Å². The second-order valence-corrected chi connectivity index (χ2v) is 7.98. The summed E-state index contributed by atoms with van der Waals surface area (Å²) >= 11 is 1.69. The van der Waals surface area contributed by atoms with Gasteiger partial charge in [0.25, 0.3) is 0 Å². The number of thiazole rings is 1. The Labute approximate surface area is 127 Å². The molecule has 5 heteroatoms. The number of aromatic nitrogens is 1. The minimum absolute atomic E-state index is 0.0483. The Morgan fingerprint density at radius 2 is 1.90 bits per heavy atom. The minimum atomic E-state index is 0.0483. The monoisotopic (exact) mass is 299 g/mol. The van der Waals surface area contributed by atoms with Gasteiger partial charge in [-0.3, -0.25) is 0 Å². The summed E-state index contributed by atoms with van der Waals surface area (Å²) in [6.07, 6.45) is 0. The smallest absolute Gasteiger partial charge is 0.107 e. The molecule has 0 fully saturated rings. The van der Waals surface area contributed by atoms with Crippen molar-refractivity contribution in [2.45, 2.75) is 58.8 Å². The van der Waals surface area contributed by atoms with Crippen LogP contribution in [0.1, 0.15) is 45.3 Å². The van der Waals surface area contributed by atoms with E-state index in [0.29, 0.717) is 13.2 Å². The first kappa shape index (κ1) is 17.6. The van der Waals surface area contributed by atoms with Crippen LogP contribution < -0.4 is 5.32 Å². The molecular weight excluding hydrogens is 270 g/mol. The summed E-state index contributed by atoms with van der Waals surface area (Å²) in [7, 11) is 4.14. The van der Waals surface area contributed by atoms with Crippen LogP contribution in [0.3, 0.4) is 0 Å². The number of likely N-dealkylation sites (N-methyl/N-ethyl adjacent to an activating group) is 1. The van der Waals surface area contributed by atoms with E-state index in [1.54, 1.807) is 11.3 Å². The van der Waals surface area contributed by atoms with Gasteiger partial charge in [-0.15, -0.1) is 11.3 Å². The Hall–Kier alpha value is -0.490. The summed E-state index contributed by atoms with van der Waals surface area (Å²) < 4.78 is 5.79. The molecule has 1 aromatic rings. The molecule has 0 bridgehead atoms. The van der Waals surface area contributed by atoms with Crippen molar-refractivity contribution >= 4 is 11.3 Å². The fourth-order valence-electron chi connectivity index (χ4n) is 1.37. The zero-order valence-electron chi connectivity index (χ0n) is 13.9. The standard InChI is InChI=1S/C15H29N3OS/c1-14(2,3)16-8-13-17-12(10-20-13)9-19-11-15(4,5)18(6)7/h10,16H,8-9,11H2,1-7H3. The first-order valence-electron chi connectivity index (χ1n) is 7.04. The zero-order valence-corrected chi connectivity index (χ0v) is 14.7. The molecule has 0 aliphatic carbocycles. The molecule has 20 heavy (non-hydrogen) atoms. The van der Waals surface area contributed by atoms with Gasteiger partial charge in [-0.2, -0.15) is 0 Å². The molecule has 0 spiro atoms. The number of nitrogens with one attached hydrogen (secondary N) is 1. The van der Waals surface area contributed by atoms with Crippen molar-refractivity contribution in [2.24, 2.45) is 0 Å². The van der Waals surface area contributed by atoms with Gasteiger partial charge in [-0.1, -0.05) is 0 Å². The van der Waals surface area contributed by atoms with Crippen molar-refractivity contribution in [3.05, 3.63) is 16.1 Å². The van der Waals surface area contributed by atoms with Crippen molar-refractivity contribution in [1.82, 2.24) is 15.2 Å². The fourth-order valence-corrected chi connectivity index (χ4v) is 2.09. The van der Waals surface area contributed by atoms with Crippen LogP contribution in [0.5, 0.6) is 0 Å². The molecule has 0 radical (unpaired) electrons. The lowest BCUT2D eigenvalue weighted by Gasteiger charge is -2.31. The van der Waals surface area contributed by atoms with Gasteiger partial charge >= 0.3 is 0 Å². The van der Waals surface area contributed by atoms with Crippen LogP contribution in [0.15, 0.2) is 5.38 Å². The molecule has 0 aliphatic rings. The molecule has 0 unspecified atom stereocenters. The Morgan fingerprint density at radius 1 is 1.25 bits per heavy atom. The lowest BCUT2D eigenvalue weighted by atomic mass is 10.1. The van der Waals surface area contributed by atoms with E-state index in [-0.39, 0.29) is 11.1 Å². The fraction of sp³-hybridized carbons (Fsp3) is 0.800. The summed E-state index contributed by atoms with van der Waals surface area (Å²) in [5, 5.41) is 6.65. The lowest BCUT2D eigenvalue weighted by molar-refractivity contribution is 0.0263. The summed E-state index contributed by atoms with van der Waals surface area (Å²) in [4.78, 5) is 6.77. The molecule has 0 saturated heterocycles. The Morgan fingerprint density at radius 3 is 2.45 bits per heavy atom. The van der Waals surface area contributed by atoms with Crippen molar-refractivity contribution in [3.8, 4) is 0 Å². The van der Waals surface area contributed by atoms with E-state index >= 15 is 0 Å². The highest BCUT2D eigenvalue weighted by Crippen LogP contribution is 2.14. The first-order valence-corrected chi connectivity index (χ1v) is 7.91. The lowest BCUT2D eigenvalue weighted by Crippen LogP contribution is -2.42. The van der Waals surface area contributed by atoms with Crippen LogP contribution in [0, 0.1) is 0 Å². The van der Waals surface area contributed by atoms with Gasteiger partial charge in [0.05, 0.1) is 18.9 Å². The maximum atomic E-state index is 5.79. The van der Waals surface area contributed by atoms with Crippen molar-refractivity contribution in [3.63, 3.8) is 0 Å². The predicted octanol–water partition coefficient (Wildman–Crippen LogP) is 2.89. The Balaban J connectivity index is 2.38. The second kappa shape index (κ2) is 6.98. The Bertz CT molecular complexity index is 407. The maximum absolute atomic E-state index is 5.79. The predicted molar refractivity (Wildman–Crippen MR) is 86.1 cm³/mol. The molecule has 0 atom stereocenters. The van der Waals surface area contributed by atoms with Crippen molar-refractivity contribution < 1.29 is 4.74 Å². The van der Waals surface area contributed by atoms with Crippen molar-refractivity contribution in [1.29, 1.82) is 0 Å². The molecule has 116 valence electrons. The molecule has 1 aromatic heterocycles.